The van der Waals surface area contributed by atoms with Crippen LogP contribution in [0.15, 0.2) is 83.2 Å². The summed E-state index contributed by atoms with van der Waals surface area (Å²) < 4.78 is 0. The van der Waals surface area contributed by atoms with Crippen LogP contribution in [-0.4, -0.2) is 22.3 Å². The van der Waals surface area contributed by atoms with Gasteiger partial charge in [-0.15, -0.1) is 0 Å². The van der Waals surface area contributed by atoms with Crippen LogP contribution < -0.4 is 5.43 Å². The van der Waals surface area contributed by atoms with Gasteiger partial charge in [0.25, 0.3) is 0 Å². The Hall–Kier alpha value is -3.60. The Morgan fingerprint density at radius 2 is 1.77 bits per heavy atom. The number of benzene rings is 2. The molecule has 5 nitrogen and oxygen atoms in total. The third kappa shape index (κ3) is 2.86. The number of fused-ring (bicyclic) bond motifs is 1. The van der Waals surface area contributed by atoms with Crippen LogP contribution in [0.4, 0.5) is 5.69 Å². The molecule has 2 aromatic carbocycles. The van der Waals surface area contributed by atoms with Crippen LogP contribution in [0.5, 0.6) is 0 Å². The first-order valence-corrected chi connectivity index (χ1v) is 10.1. The van der Waals surface area contributed by atoms with Crippen molar-refractivity contribution in [3.63, 3.8) is 0 Å². The third-order valence-electron chi connectivity index (χ3n) is 6.10. The summed E-state index contributed by atoms with van der Waals surface area (Å²) in [4.78, 5) is 20.9. The SMILES string of the molecule is CC1CC(=O)NN=C1c1ccc2c(c1)C(C)(c1ccccc1)C(c1ccncc1)=N2. The number of nitrogens with one attached hydrogen (secondary N) is 1. The lowest BCUT2D eigenvalue weighted by atomic mass is 9.71. The van der Waals surface area contributed by atoms with E-state index in [1.807, 2.05) is 25.1 Å². The summed E-state index contributed by atoms with van der Waals surface area (Å²) in [6.07, 6.45) is 4.06. The zero-order valence-electron chi connectivity index (χ0n) is 17.0. The molecule has 2 aliphatic rings. The second-order valence-corrected chi connectivity index (χ2v) is 8.06. The minimum Gasteiger partial charge on any atom is -0.273 e. The second kappa shape index (κ2) is 7.02. The van der Waals surface area contributed by atoms with Gasteiger partial charge in [0.1, 0.15) is 0 Å². The maximum Gasteiger partial charge on any atom is 0.240 e. The number of aromatic nitrogens is 1. The predicted octanol–water partition coefficient (Wildman–Crippen LogP) is 4.38. The molecule has 0 saturated heterocycles. The number of hydrazone groups is 1. The van der Waals surface area contributed by atoms with Gasteiger partial charge in [0.2, 0.25) is 5.91 Å². The van der Waals surface area contributed by atoms with Gasteiger partial charge in [-0.2, -0.15) is 5.10 Å². The Morgan fingerprint density at radius 3 is 2.50 bits per heavy atom. The molecule has 1 N–H and O–H groups in total. The highest BCUT2D eigenvalue weighted by Gasteiger charge is 2.42. The van der Waals surface area contributed by atoms with Crippen molar-refractivity contribution in [2.75, 3.05) is 0 Å². The van der Waals surface area contributed by atoms with Crippen molar-refractivity contribution >= 4 is 23.0 Å². The van der Waals surface area contributed by atoms with Crippen molar-refractivity contribution in [3.05, 3.63) is 95.3 Å². The van der Waals surface area contributed by atoms with Crippen molar-refractivity contribution in [1.29, 1.82) is 0 Å². The molecule has 0 radical (unpaired) electrons. The Labute approximate surface area is 175 Å². The molecule has 0 bridgehead atoms. The van der Waals surface area contributed by atoms with Gasteiger partial charge in [-0.1, -0.05) is 43.3 Å². The molecule has 30 heavy (non-hydrogen) atoms. The molecule has 2 unspecified atom stereocenters. The van der Waals surface area contributed by atoms with E-state index in [4.69, 9.17) is 4.99 Å². The first-order chi connectivity index (χ1) is 14.6. The van der Waals surface area contributed by atoms with Crippen LogP contribution in [0.1, 0.15) is 42.5 Å². The fraction of sp³-hybridized carbons (Fsp3) is 0.200. The largest absolute Gasteiger partial charge is 0.273 e. The van der Waals surface area contributed by atoms with E-state index in [2.05, 4.69) is 64.9 Å². The molecule has 0 saturated carbocycles. The van der Waals surface area contributed by atoms with Gasteiger partial charge in [0, 0.05) is 30.3 Å². The maximum absolute atomic E-state index is 11.7. The maximum atomic E-state index is 11.7. The molecule has 0 spiro atoms. The van der Waals surface area contributed by atoms with E-state index in [0.29, 0.717) is 6.42 Å². The smallest absolute Gasteiger partial charge is 0.240 e. The van der Waals surface area contributed by atoms with Gasteiger partial charge < -0.3 is 0 Å². The van der Waals surface area contributed by atoms with E-state index in [1.54, 1.807) is 12.4 Å². The highest BCUT2D eigenvalue weighted by Crippen LogP contribution is 2.47. The van der Waals surface area contributed by atoms with Gasteiger partial charge in [-0.25, -0.2) is 5.43 Å². The predicted molar refractivity (Wildman–Crippen MR) is 118 cm³/mol. The Balaban J connectivity index is 1.68. The minimum atomic E-state index is -0.407. The molecule has 5 rings (SSSR count). The molecule has 1 aromatic heterocycles. The second-order valence-electron chi connectivity index (χ2n) is 8.06. The van der Waals surface area contributed by atoms with E-state index in [-0.39, 0.29) is 11.8 Å². The number of hydrogen-bond donors (Lipinski definition) is 1. The number of carbonyl (C=O) groups excluding carboxylic acids is 1. The molecule has 3 aromatic rings. The summed E-state index contributed by atoms with van der Waals surface area (Å²) in [6, 6.07) is 20.8. The Morgan fingerprint density at radius 1 is 1.00 bits per heavy atom. The van der Waals surface area contributed by atoms with E-state index in [0.717, 1.165) is 33.8 Å². The third-order valence-corrected chi connectivity index (χ3v) is 6.10. The van der Waals surface area contributed by atoms with Crippen LogP contribution in [0.3, 0.4) is 0 Å². The molecule has 0 fully saturated rings. The Kier molecular flexibility index (Phi) is 4.31. The van der Waals surface area contributed by atoms with Crippen molar-refractivity contribution in [2.45, 2.75) is 25.7 Å². The lowest BCUT2D eigenvalue weighted by Gasteiger charge is -2.29. The summed E-state index contributed by atoms with van der Waals surface area (Å²) in [6.45, 7) is 4.27. The summed E-state index contributed by atoms with van der Waals surface area (Å²) >= 11 is 0. The van der Waals surface area contributed by atoms with Crippen molar-refractivity contribution in [3.8, 4) is 0 Å². The van der Waals surface area contributed by atoms with Gasteiger partial charge in [0.05, 0.1) is 22.5 Å². The van der Waals surface area contributed by atoms with Crippen molar-refractivity contribution in [2.24, 2.45) is 16.0 Å². The Bertz CT molecular complexity index is 1180. The number of aliphatic imine (C=N–C) groups is 1. The number of pyridine rings is 1. The standard InChI is InChI=1S/C25H22N4O/c1-16-14-22(30)28-29-23(16)18-8-9-21-20(15-18)25(2,19-6-4-3-5-7-19)24(27-21)17-10-12-26-13-11-17/h3-13,15-16H,14H2,1-2H3,(H,28,30). The number of rotatable bonds is 3. The number of amides is 1. The summed E-state index contributed by atoms with van der Waals surface area (Å²) in [5, 5.41) is 4.36. The lowest BCUT2D eigenvalue weighted by molar-refractivity contribution is -0.121. The van der Waals surface area contributed by atoms with Crippen LogP contribution in [0.25, 0.3) is 0 Å². The molecule has 3 heterocycles. The van der Waals surface area contributed by atoms with Crippen LogP contribution in [0.2, 0.25) is 0 Å². The fourth-order valence-electron chi connectivity index (χ4n) is 4.48. The van der Waals surface area contributed by atoms with Crippen LogP contribution in [0, 0.1) is 5.92 Å². The molecule has 2 aliphatic heterocycles. The fourth-order valence-corrected chi connectivity index (χ4v) is 4.48. The summed E-state index contributed by atoms with van der Waals surface area (Å²) in [7, 11) is 0. The first-order valence-electron chi connectivity index (χ1n) is 10.1. The molecule has 0 aliphatic carbocycles. The minimum absolute atomic E-state index is 0.0372. The molecular formula is C25H22N4O. The molecular weight excluding hydrogens is 372 g/mol. The van der Waals surface area contributed by atoms with E-state index >= 15 is 0 Å². The molecule has 1 amide bonds. The number of nitrogens with zero attached hydrogens (tertiary/aromatic N) is 3. The molecule has 2 atom stereocenters. The van der Waals surface area contributed by atoms with Gasteiger partial charge in [-0.3, -0.25) is 14.8 Å². The van der Waals surface area contributed by atoms with Crippen molar-refractivity contribution in [1.82, 2.24) is 10.4 Å². The number of hydrogen-bond acceptors (Lipinski definition) is 4. The van der Waals surface area contributed by atoms with E-state index in [9.17, 15) is 4.79 Å². The van der Waals surface area contributed by atoms with Gasteiger partial charge >= 0.3 is 0 Å². The van der Waals surface area contributed by atoms with E-state index in [1.165, 1.54) is 5.56 Å². The highest BCUT2D eigenvalue weighted by atomic mass is 16.2. The van der Waals surface area contributed by atoms with Gasteiger partial charge in [-0.05, 0) is 47.9 Å². The lowest BCUT2D eigenvalue weighted by Crippen LogP contribution is -2.33. The van der Waals surface area contributed by atoms with Crippen LogP contribution in [-0.2, 0) is 10.2 Å². The summed E-state index contributed by atoms with van der Waals surface area (Å²) in [5.41, 5.74) is 9.51. The topological polar surface area (TPSA) is 66.7 Å². The zero-order chi connectivity index (χ0) is 20.7. The zero-order valence-corrected chi connectivity index (χ0v) is 17.0. The van der Waals surface area contributed by atoms with Crippen LogP contribution >= 0.6 is 0 Å². The average molecular weight is 394 g/mol. The monoisotopic (exact) mass is 394 g/mol. The van der Waals surface area contributed by atoms with E-state index < -0.39 is 5.41 Å². The quantitative estimate of drug-likeness (QED) is 0.716. The molecule has 148 valence electrons. The van der Waals surface area contributed by atoms with Crippen molar-refractivity contribution < 1.29 is 4.79 Å². The normalized spacial score (nSPS) is 22.7. The first kappa shape index (κ1) is 18.4. The average Bonchev–Trinajstić information content (AvgIpc) is 3.08. The summed E-state index contributed by atoms with van der Waals surface area (Å²) in [5.74, 6) is 0.0339. The van der Waals surface area contributed by atoms with Gasteiger partial charge in [0.15, 0.2) is 0 Å². The number of carbonyl (C=O) groups is 1. The highest BCUT2D eigenvalue weighted by molar-refractivity contribution is 6.15. The molecule has 5 heteroatoms.